The van der Waals surface area contributed by atoms with Gasteiger partial charge in [-0.1, -0.05) is 41.9 Å². The molecule has 0 aliphatic heterocycles. The molecule has 7 heteroatoms. The van der Waals surface area contributed by atoms with Gasteiger partial charge in [0.1, 0.15) is 11.5 Å². The Morgan fingerprint density at radius 2 is 1.63 bits per heavy atom. The zero-order valence-corrected chi connectivity index (χ0v) is 17.3. The van der Waals surface area contributed by atoms with Gasteiger partial charge >= 0.3 is 0 Å². The zero-order chi connectivity index (χ0) is 21.5. The maximum absolute atomic E-state index is 12.9. The summed E-state index contributed by atoms with van der Waals surface area (Å²) in [6.07, 6.45) is 0. The lowest BCUT2D eigenvalue weighted by Crippen LogP contribution is -2.23. The van der Waals surface area contributed by atoms with Gasteiger partial charge in [0.2, 0.25) is 5.91 Å². The van der Waals surface area contributed by atoms with Crippen molar-refractivity contribution in [3.63, 3.8) is 0 Å². The molecular formula is C23H21ClN2O4. The molecule has 0 radical (unpaired) electrons. The first-order valence-corrected chi connectivity index (χ1v) is 9.54. The van der Waals surface area contributed by atoms with E-state index in [-0.39, 0.29) is 18.2 Å². The lowest BCUT2D eigenvalue weighted by Gasteiger charge is -2.14. The molecule has 3 rings (SSSR count). The SMILES string of the molecule is COc1ccc(NC(=O)CNc2ccc(Cl)cc2C(=O)c2ccccc2)c(OC)c1. The zero-order valence-electron chi connectivity index (χ0n) is 16.6. The predicted molar refractivity (Wildman–Crippen MR) is 118 cm³/mol. The van der Waals surface area contributed by atoms with Gasteiger partial charge in [0.25, 0.3) is 0 Å². The van der Waals surface area contributed by atoms with Crippen molar-refractivity contribution in [2.45, 2.75) is 0 Å². The molecule has 0 saturated heterocycles. The molecule has 0 aliphatic carbocycles. The summed E-state index contributed by atoms with van der Waals surface area (Å²) in [5, 5.41) is 6.23. The maximum Gasteiger partial charge on any atom is 0.243 e. The van der Waals surface area contributed by atoms with E-state index in [0.29, 0.717) is 39.0 Å². The minimum atomic E-state index is -0.300. The van der Waals surface area contributed by atoms with Gasteiger partial charge < -0.3 is 20.1 Å². The average molecular weight is 425 g/mol. The summed E-state index contributed by atoms with van der Waals surface area (Å²) >= 11 is 6.09. The van der Waals surface area contributed by atoms with Gasteiger partial charge in [0.15, 0.2) is 5.78 Å². The van der Waals surface area contributed by atoms with Crippen LogP contribution in [0.4, 0.5) is 11.4 Å². The normalized spacial score (nSPS) is 10.2. The Labute approximate surface area is 179 Å². The third kappa shape index (κ3) is 5.10. The van der Waals surface area contributed by atoms with Crippen LogP contribution in [0, 0.1) is 0 Å². The van der Waals surface area contributed by atoms with Crippen LogP contribution in [0.3, 0.4) is 0 Å². The fraction of sp³-hybridized carbons (Fsp3) is 0.130. The highest BCUT2D eigenvalue weighted by molar-refractivity contribution is 6.31. The van der Waals surface area contributed by atoms with Crippen molar-refractivity contribution < 1.29 is 19.1 Å². The monoisotopic (exact) mass is 424 g/mol. The second-order valence-corrected chi connectivity index (χ2v) is 6.79. The van der Waals surface area contributed by atoms with Gasteiger partial charge in [0, 0.05) is 27.9 Å². The molecule has 0 saturated carbocycles. The predicted octanol–water partition coefficient (Wildman–Crippen LogP) is 4.64. The Morgan fingerprint density at radius 1 is 0.900 bits per heavy atom. The van der Waals surface area contributed by atoms with Gasteiger partial charge in [0.05, 0.1) is 26.5 Å². The number of rotatable bonds is 8. The van der Waals surface area contributed by atoms with Crippen molar-refractivity contribution in [2.24, 2.45) is 0 Å². The lowest BCUT2D eigenvalue weighted by molar-refractivity contribution is -0.114. The fourth-order valence-corrected chi connectivity index (χ4v) is 3.05. The molecule has 2 N–H and O–H groups in total. The topological polar surface area (TPSA) is 76.7 Å². The third-order valence-corrected chi connectivity index (χ3v) is 4.62. The number of hydrogen-bond acceptors (Lipinski definition) is 5. The number of carbonyl (C=O) groups excluding carboxylic acids is 2. The van der Waals surface area contributed by atoms with Crippen LogP contribution in [0.15, 0.2) is 66.7 Å². The standard InChI is InChI=1S/C23H21ClN2O4/c1-29-17-9-11-20(21(13-17)30-2)26-22(27)14-25-19-10-8-16(24)12-18(19)23(28)15-6-4-3-5-7-15/h3-13,25H,14H2,1-2H3,(H,26,27). The average Bonchev–Trinajstić information content (AvgIpc) is 2.78. The van der Waals surface area contributed by atoms with Crippen molar-refractivity contribution in [1.29, 1.82) is 0 Å². The van der Waals surface area contributed by atoms with E-state index in [4.69, 9.17) is 21.1 Å². The summed E-state index contributed by atoms with van der Waals surface area (Å²) in [5.74, 6) is 0.617. The molecule has 154 valence electrons. The van der Waals surface area contributed by atoms with Crippen LogP contribution in [0.1, 0.15) is 15.9 Å². The number of ketones is 1. The van der Waals surface area contributed by atoms with E-state index in [0.717, 1.165) is 0 Å². The van der Waals surface area contributed by atoms with E-state index < -0.39 is 0 Å². The highest BCUT2D eigenvalue weighted by Crippen LogP contribution is 2.29. The molecule has 30 heavy (non-hydrogen) atoms. The van der Waals surface area contributed by atoms with Crippen LogP contribution in [0.5, 0.6) is 11.5 Å². The Morgan fingerprint density at radius 3 is 2.33 bits per heavy atom. The van der Waals surface area contributed by atoms with Gasteiger partial charge in [-0.3, -0.25) is 9.59 Å². The summed E-state index contributed by atoms with van der Waals surface area (Å²) in [5.41, 5.74) is 1.96. The second kappa shape index (κ2) is 9.80. The van der Waals surface area contributed by atoms with E-state index in [9.17, 15) is 9.59 Å². The Kier molecular flexibility index (Phi) is 6.93. The molecule has 3 aromatic rings. The van der Waals surface area contributed by atoms with Gasteiger partial charge in [-0.05, 0) is 30.3 Å². The molecule has 6 nitrogen and oxygen atoms in total. The smallest absolute Gasteiger partial charge is 0.243 e. The van der Waals surface area contributed by atoms with Gasteiger partial charge in [-0.15, -0.1) is 0 Å². The number of methoxy groups -OCH3 is 2. The second-order valence-electron chi connectivity index (χ2n) is 6.35. The number of carbonyl (C=O) groups is 2. The molecular weight excluding hydrogens is 404 g/mol. The summed E-state index contributed by atoms with van der Waals surface area (Å²) in [6, 6.07) is 18.9. The first kappa shape index (κ1) is 21.2. The molecule has 0 aliphatic rings. The van der Waals surface area contributed by atoms with Crippen LogP contribution in [0.2, 0.25) is 5.02 Å². The highest BCUT2D eigenvalue weighted by atomic mass is 35.5. The summed E-state index contributed by atoms with van der Waals surface area (Å²) < 4.78 is 10.4. The van der Waals surface area contributed by atoms with E-state index >= 15 is 0 Å². The molecule has 0 heterocycles. The van der Waals surface area contributed by atoms with Crippen LogP contribution >= 0.6 is 11.6 Å². The van der Waals surface area contributed by atoms with Crippen LogP contribution in [-0.4, -0.2) is 32.5 Å². The number of amides is 1. The van der Waals surface area contributed by atoms with Crippen LogP contribution < -0.4 is 20.1 Å². The van der Waals surface area contributed by atoms with Crippen molar-refractivity contribution >= 4 is 34.7 Å². The molecule has 0 fully saturated rings. The lowest BCUT2D eigenvalue weighted by atomic mass is 10.0. The molecule has 0 atom stereocenters. The maximum atomic E-state index is 12.9. The van der Waals surface area contributed by atoms with E-state index in [1.807, 2.05) is 6.07 Å². The molecule has 3 aromatic carbocycles. The van der Waals surface area contributed by atoms with Gasteiger partial charge in [-0.2, -0.15) is 0 Å². The number of anilines is 2. The molecule has 0 bridgehead atoms. The number of halogens is 1. The number of hydrogen-bond donors (Lipinski definition) is 2. The molecule has 0 spiro atoms. The third-order valence-electron chi connectivity index (χ3n) is 4.38. The Bertz CT molecular complexity index is 1050. The fourth-order valence-electron chi connectivity index (χ4n) is 2.88. The van der Waals surface area contributed by atoms with Gasteiger partial charge in [-0.25, -0.2) is 0 Å². The summed E-state index contributed by atoms with van der Waals surface area (Å²) in [6.45, 7) is -0.0497. The summed E-state index contributed by atoms with van der Waals surface area (Å²) in [7, 11) is 3.06. The van der Waals surface area contributed by atoms with Crippen molar-refractivity contribution in [3.05, 3.63) is 82.9 Å². The summed E-state index contributed by atoms with van der Waals surface area (Å²) in [4.78, 5) is 25.3. The number of benzene rings is 3. The van der Waals surface area contributed by atoms with Crippen LogP contribution in [0.25, 0.3) is 0 Å². The van der Waals surface area contributed by atoms with Crippen molar-refractivity contribution in [1.82, 2.24) is 0 Å². The van der Waals surface area contributed by atoms with E-state index in [2.05, 4.69) is 10.6 Å². The Hall–Kier alpha value is -3.51. The first-order valence-electron chi connectivity index (χ1n) is 9.17. The van der Waals surface area contributed by atoms with Crippen molar-refractivity contribution in [2.75, 3.05) is 31.4 Å². The largest absolute Gasteiger partial charge is 0.497 e. The van der Waals surface area contributed by atoms with Crippen molar-refractivity contribution in [3.8, 4) is 11.5 Å². The minimum absolute atomic E-state index is 0.0497. The minimum Gasteiger partial charge on any atom is -0.497 e. The van der Waals surface area contributed by atoms with E-state index in [1.165, 1.54) is 7.11 Å². The molecule has 0 aromatic heterocycles. The highest BCUT2D eigenvalue weighted by Gasteiger charge is 2.15. The molecule has 0 unspecified atom stereocenters. The van der Waals surface area contributed by atoms with Crippen LogP contribution in [-0.2, 0) is 4.79 Å². The quantitative estimate of drug-likeness (QED) is 0.515. The molecule has 1 amide bonds. The first-order chi connectivity index (χ1) is 14.5. The Balaban J connectivity index is 1.73. The number of ether oxygens (including phenoxy) is 2. The number of nitrogens with one attached hydrogen (secondary N) is 2. The van der Waals surface area contributed by atoms with E-state index in [1.54, 1.807) is 67.8 Å².